The number of nitrogens with zero attached hydrogens (tertiary/aromatic N) is 3. The second-order valence-corrected chi connectivity index (χ2v) is 3.11. The van der Waals surface area contributed by atoms with Crippen LogP contribution in [0, 0.1) is 11.3 Å². The van der Waals surface area contributed by atoms with Crippen LogP contribution in [0.15, 0.2) is 36.7 Å². The van der Waals surface area contributed by atoms with Gasteiger partial charge in [0, 0.05) is 0 Å². The van der Waals surface area contributed by atoms with E-state index in [2.05, 4.69) is 21.4 Å². The van der Waals surface area contributed by atoms with Crippen LogP contribution in [0.5, 0.6) is 0 Å². The summed E-state index contributed by atoms with van der Waals surface area (Å²) in [5, 5.41) is 11.9. The van der Waals surface area contributed by atoms with Crippen molar-refractivity contribution >= 4 is 17.3 Å². The summed E-state index contributed by atoms with van der Waals surface area (Å²) in [4.78, 5) is 7.94. The van der Waals surface area contributed by atoms with E-state index >= 15 is 0 Å². The highest BCUT2D eigenvalue weighted by Crippen LogP contribution is 2.18. The smallest absolute Gasteiger partial charge is 0.151 e. The van der Waals surface area contributed by atoms with Crippen LogP contribution in [0.25, 0.3) is 0 Å². The maximum absolute atomic E-state index is 8.90. The van der Waals surface area contributed by atoms with E-state index in [-0.39, 0.29) is 0 Å². The molecule has 78 valence electrons. The van der Waals surface area contributed by atoms with Gasteiger partial charge < -0.3 is 11.1 Å². The molecule has 1 aromatic heterocycles. The highest BCUT2D eigenvalue weighted by atomic mass is 15.0. The van der Waals surface area contributed by atoms with Gasteiger partial charge in [0.25, 0.3) is 0 Å². The summed E-state index contributed by atoms with van der Waals surface area (Å²) in [5.41, 5.74) is 6.74. The molecule has 3 N–H and O–H groups in total. The standard InChI is InChI=1S/C11H9N5/c12-5-8-3-1-2-4-9(8)15-11-7-14-6-10(13)16-11/h1-4,6-7H,(H3,13,15,16). The molecule has 0 aliphatic carbocycles. The predicted molar refractivity (Wildman–Crippen MR) is 60.9 cm³/mol. The molecule has 0 saturated carbocycles. The molecule has 0 unspecified atom stereocenters. The fraction of sp³-hybridized carbons (Fsp3) is 0. The van der Waals surface area contributed by atoms with Gasteiger partial charge in [-0.15, -0.1) is 0 Å². The Labute approximate surface area is 92.6 Å². The number of nitrogen functional groups attached to an aromatic ring is 1. The Morgan fingerprint density at radius 2 is 2.06 bits per heavy atom. The number of rotatable bonds is 2. The maximum atomic E-state index is 8.90. The molecule has 0 radical (unpaired) electrons. The molecule has 16 heavy (non-hydrogen) atoms. The van der Waals surface area contributed by atoms with Crippen molar-refractivity contribution < 1.29 is 0 Å². The molecule has 1 heterocycles. The molecule has 0 amide bonds. The van der Waals surface area contributed by atoms with Gasteiger partial charge in [-0.3, -0.25) is 4.98 Å². The zero-order valence-corrected chi connectivity index (χ0v) is 8.38. The van der Waals surface area contributed by atoms with Crippen molar-refractivity contribution in [3.05, 3.63) is 42.2 Å². The Morgan fingerprint density at radius 1 is 1.25 bits per heavy atom. The lowest BCUT2D eigenvalue weighted by atomic mass is 10.2. The van der Waals surface area contributed by atoms with Gasteiger partial charge in [-0.2, -0.15) is 5.26 Å². The van der Waals surface area contributed by atoms with Crippen molar-refractivity contribution in [3.63, 3.8) is 0 Å². The monoisotopic (exact) mass is 211 g/mol. The number of hydrogen-bond acceptors (Lipinski definition) is 5. The van der Waals surface area contributed by atoms with E-state index < -0.39 is 0 Å². The Kier molecular flexibility index (Phi) is 2.65. The van der Waals surface area contributed by atoms with Crippen LogP contribution >= 0.6 is 0 Å². The number of aromatic nitrogens is 2. The van der Waals surface area contributed by atoms with E-state index in [4.69, 9.17) is 11.0 Å². The van der Waals surface area contributed by atoms with Gasteiger partial charge in [-0.05, 0) is 12.1 Å². The van der Waals surface area contributed by atoms with Gasteiger partial charge in [0.1, 0.15) is 11.9 Å². The van der Waals surface area contributed by atoms with Gasteiger partial charge in [0.2, 0.25) is 0 Å². The van der Waals surface area contributed by atoms with Crippen molar-refractivity contribution in [2.75, 3.05) is 11.1 Å². The van der Waals surface area contributed by atoms with Crippen LogP contribution in [-0.4, -0.2) is 9.97 Å². The van der Waals surface area contributed by atoms with Crippen molar-refractivity contribution in [1.29, 1.82) is 5.26 Å². The Morgan fingerprint density at radius 3 is 2.81 bits per heavy atom. The molecule has 2 aromatic rings. The molecule has 1 aromatic carbocycles. The van der Waals surface area contributed by atoms with Gasteiger partial charge in [-0.25, -0.2) is 4.98 Å². The number of benzene rings is 1. The predicted octanol–water partition coefficient (Wildman–Crippen LogP) is 1.67. The van der Waals surface area contributed by atoms with Crippen molar-refractivity contribution in [1.82, 2.24) is 9.97 Å². The van der Waals surface area contributed by atoms with E-state index in [1.807, 2.05) is 6.07 Å². The number of nitriles is 1. The van der Waals surface area contributed by atoms with E-state index in [1.165, 1.54) is 6.20 Å². The van der Waals surface area contributed by atoms with Gasteiger partial charge in [0.15, 0.2) is 5.82 Å². The van der Waals surface area contributed by atoms with Crippen molar-refractivity contribution in [2.45, 2.75) is 0 Å². The van der Waals surface area contributed by atoms with E-state index in [0.29, 0.717) is 22.9 Å². The van der Waals surface area contributed by atoms with Crippen LogP contribution in [0.1, 0.15) is 5.56 Å². The summed E-state index contributed by atoms with van der Waals surface area (Å²) in [6, 6.07) is 9.24. The molecular weight excluding hydrogens is 202 g/mol. The average molecular weight is 211 g/mol. The van der Waals surface area contributed by atoms with Crippen molar-refractivity contribution in [3.8, 4) is 6.07 Å². The maximum Gasteiger partial charge on any atom is 0.151 e. The van der Waals surface area contributed by atoms with E-state index in [0.717, 1.165) is 0 Å². The van der Waals surface area contributed by atoms with Crippen LogP contribution < -0.4 is 11.1 Å². The first kappa shape index (κ1) is 9.93. The first-order valence-electron chi connectivity index (χ1n) is 4.63. The molecule has 2 rings (SSSR count). The van der Waals surface area contributed by atoms with E-state index in [1.54, 1.807) is 24.4 Å². The second-order valence-electron chi connectivity index (χ2n) is 3.11. The minimum absolute atomic E-state index is 0.333. The van der Waals surface area contributed by atoms with Crippen LogP contribution in [0.3, 0.4) is 0 Å². The minimum atomic E-state index is 0.333. The molecule has 5 nitrogen and oxygen atoms in total. The van der Waals surface area contributed by atoms with Gasteiger partial charge in [-0.1, -0.05) is 12.1 Å². The first-order chi connectivity index (χ1) is 7.79. The fourth-order valence-corrected chi connectivity index (χ4v) is 1.27. The normalized spacial score (nSPS) is 9.44. The molecule has 0 aliphatic heterocycles. The molecule has 0 spiro atoms. The fourth-order valence-electron chi connectivity index (χ4n) is 1.27. The summed E-state index contributed by atoms with van der Waals surface area (Å²) in [6.07, 6.45) is 3.01. The quantitative estimate of drug-likeness (QED) is 0.788. The number of nitrogens with two attached hydrogens (primary N) is 1. The summed E-state index contributed by atoms with van der Waals surface area (Å²) in [6.45, 7) is 0. The third kappa shape index (κ3) is 2.07. The molecule has 5 heteroatoms. The van der Waals surface area contributed by atoms with E-state index in [9.17, 15) is 0 Å². The topological polar surface area (TPSA) is 87.6 Å². The third-order valence-corrected chi connectivity index (χ3v) is 1.96. The molecular formula is C11H9N5. The number of nitrogens with one attached hydrogen (secondary N) is 1. The molecule has 0 atom stereocenters. The summed E-state index contributed by atoms with van der Waals surface area (Å²) < 4.78 is 0. The highest BCUT2D eigenvalue weighted by Gasteiger charge is 2.02. The SMILES string of the molecule is N#Cc1ccccc1Nc1cncc(N)n1. The molecule has 0 saturated heterocycles. The summed E-state index contributed by atoms with van der Waals surface area (Å²) in [5.74, 6) is 0.849. The molecule has 0 aliphatic rings. The summed E-state index contributed by atoms with van der Waals surface area (Å²) >= 11 is 0. The first-order valence-corrected chi connectivity index (χ1v) is 4.63. The van der Waals surface area contributed by atoms with Gasteiger partial charge >= 0.3 is 0 Å². The van der Waals surface area contributed by atoms with Crippen LogP contribution in [-0.2, 0) is 0 Å². The number of para-hydroxylation sites is 1. The Balaban J connectivity index is 2.31. The third-order valence-electron chi connectivity index (χ3n) is 1.96. The lowest BCUT2D eigenvalue weighted by Crippen LogP contribution is -1.99. The lowest BCUT2D eigenvalue weighted by molar-refractivity contribution is 1.21. The zero-order valence-electron chi connectivity index (χ0n) is 8.38. The largest absolute Gasteiger partial charge is 0.382 e. The minimum Gasteiger partial charge on any atom is -0.382 e. The Hall–Kier alpha value is -2.61. The van der Waals surface area contributed by atoms with Crippen LogP contribution in [0.4, 0.5) is 17.3 Å². The number of hydrogen-bond donors (Lipinski definition) is 2. The average Bonchev–Trinajstić information content (AvgIpc) is 2.30. The molecule has 0 bridgehead atoms. The Bertz CT molecular complexity index is 544. The van der Waals surface area contributed by atoms with Gasteiger partial charge in [0.05, 0.1) is 23.6 Å². The molecule has 0 fully saturated rings. The van der Waals surface area contributed by atoms with Crippen LogP contribution in [0.2, 0.25) is 0 Å². The zero-order chi connectivity index (χ0) is 11.4. The number of anilines is 3. The highest BCUT2D eigenvalue weighted by molar-refractivity contribution is 5.64. The second kappa shape index (κ2) is 4.28. The van der Waals surface area contributed by atoms with Crippen molar-refractivity contribution in [2.24, 2.45) is 0 Å². The summed E-state index contributed by atoms with van der Waals surface area (Å²) in [7, 11) is 0. The lowest BCUT2D eigenvalue weighted by Gasteiger charge is -2.06.